The number of aromatic nitrogens is 2. The molecule has 0 aliphatic carbocycles. The average Bonchev–Trinajstić information content (AvgIpc) is 2.65. The van der Waals surface area contributed by atoms with E-state index in [-0.39, 0.29) is 5.69 Å². The van der Waals surface area contributed by atoms with Crippen LogP contribution in [0.1, 0.15) is 21.7 Å². The summed E-state index contributed by atoms with van der Waals surface area (Å²) < 4.78 is 1.65. The summed E-state index contributed by atoms with van der Waals surface area (Å²) in [6, 6.07) is 7.92. The van der Waals surface area contributed by atoms with Crippen molar-refractivity contribution in [3.8, 4) is 0 Å². The number of aromatic carboxylic acids is 1. The Morgan fingerprint density at radius 1 is 1.28 bits per heavy atom. The van der Waals surface area contributed by atoms with Crippen molar-refractivity contribution < 1.29 is 9.90 Å². The maximum absolute atomic E-state index is 11.3. The third kappa shape index (κ3) is 1.32. The van der Waals surface area contributed by atoms with Crippen LogP contribution in [0.3, 0.4) is 0 Å². The van der Waals surface area contributed by atoms with Gasteiger partial charge in [-0.05, 0) is 30.9 Å². The SMILES string of the molecule is Cc1nc2c3c(C)cccc3ccn2c1C(=O)O. The highest BCUT2D eigenvalue weighted by molar-refractivity contribution is 5.99. The van der Waals surface area contributed by atoms with Crippen molar-refractivity contribution in [3.63, 3.8) is 0 Å². The quantitative estimate of drug-likeness (QED) is 0.711. The van der Waals surface area contributed by atoms with Gasteiger partial charge in [0.25, 0.3) is 0 Å². The predicted molar refractivity (Wildman–Crippen MR) is 69.1 cm³/mol. The fourth-order valence-electron chi connectivity index (χ4n) is 2.41. The number of carboxylic acids is 1. The van der Waals surface area contributed by atoms with Gasteiger partial charge in [0.05, 0.1) is 5.69 Å². The van der Waals surface area contributed by atoms with Crippen LogP contribution in [0.25, 0.3) is 16.4 Å². The van der Waals surface area contributed by atoms with Crippen LogP contribution in [0.5, 0.6) is 0 Å². The molecule has 3 aromatic rings. The lowest BCUT2D eigenvalue weighted by atomic mass is 10.1. The Balaban J connectivity index is 2.57. The first-order valence-corrected chi connectivity index (χ1v) is 5.70. The summed E-state index contributed by atoms with van der Waals surface area (Å²) in [6.07, 6.45) is 1.76. The van der Waals surface area contributed by atoms with Gasteiger partial charge in [0, 0.05) is 11.6 Å². The van der Waals surface area contributed by atoms with E-state index in [1.54, 1.807) is 17.5 Å². The summed E-state index contributed by atoms with van der Waals surface area (Å²) in [6.45, 7) is 3.73. The van der Waals surface area contributed by atoms with E-state index in [4.69, 9.17) is 0 Å². The van der Waals surface area contributed by atoms with Crippen molar-refractivity contribution in [1.82, 2.24) is 9.38 Å². The zero-order valence-corrected chi connectivity index (χ0v) is 10.1. The number of hydrogen-bond acceptors (Lipinski definition) is 2. The van der Waals surface area contributed by atoms with Crippen LogP contribution in [0, 0.1) is 13.8 Å². The maximum atomic E-state index is 11.3. The molecule has 1 N–H and O–H groups in total. The molecule has 0 amide bonds. The first-order valence-electron chi connectivity index (χ1n) is 5.70. The van der Waals surface area contributed by atoms with Gasteiger partial charge in [-0.3, -0.25) is 4.40 Å². The fraction of sp³-hybridized carbons (Fsp3) is 0.143. The van der Waals surface area contributed by atoms with E-state index in [1.807, 2.05) is 31.2 Å². The summed E-state index contributed by atoms with van der Waals surface area (Å²) in [5.74, 6) is -0.951. The van der Waals surface area contributed by atoms with Crippen molar-refractivity contribution in [1.29, 1.82) is 0 Å². The molecule has 4 nitrogen and oxygen atoms in total. The number of carbonyl (C=O) groups is 1. The van der Waals surface area contributed by atoms with E-state index >= 15 is 0 Å². The van der Waals surface area contributed by atoms with Crippen molar-refractivity contribution >= 4 is 22.4 Å². The first kappa shape index (κ1) is 10.8. The van der Waals surface area contributed by atoms with Crippen LogP contribution >= 0.6 is 0 Å². The van der Waals surface area contributed by atoms with Gasteiger partial charge in [0.2, 0.25) is 0 Å². The monoisotopic (exact) mass is 240 g/mol. The molecule has 3 rings (SSSR count). The Hall–Kier alpha value is -2.36. The third-order valence-corrected chi connectivity index (χ3v) is 3.22. The fourth-order valence-corrected chi connectivity index (χ4v) is 2.41. The Morgan fingerprint density at radius 2 is 2.06 bits per heavy atom. The summed E-state index contributed by atoms with van der Waals surface area (Å²) in [7, 11) is 0. The first-order chi connectivity index (χ1) is 8.59. The summed E-state index contributed by atoms with van der Waals surface area (Å²) in [5, 5.41) is 11.3. The molecule has 0 aliphatic rings. The number of rotatable bonds is 1. The van der Waals surface area contributed by atoms with Crippen molar-refractivity contribution in [2.45, 2.75) is 13.8 Å². The van der Waals surface area contributed by atoms with Gasteiger partial charge in [-0.1, -0.05) is 18.2 Å². The normalized spacial score (nSPS) is 11.2. The maximum Gasteiger partial charge on any atom is 0.354 e. The molecular formula is C14H12N2O2. The van der Waals surface area contributed by atoms with Crippen molar-refractivity contribution in [2.75, 3.05) is 0 Å². The number of nitrogens with zero attached hydrogens (tertiary/aromatic N) is 2. The molecule has 2 heterocycles. The van der Waals surface area contributed by atoms with Gasteiger partial charge in [-0.2, -0.15) is 0 Å². The van der Waals surface area contributed by atoms with Crippen LogP contribution in [0.2, 0.25) is 0 Å². The van der Waals surface area contributed by atoms with E-state index in [2.05, 4.69) is 4.98 Å². The summed E-state index contributed by atoms with van der Waals surface area (Å²) in [5.41, 5.74) is 2.58. The molecule has 0 unspecified atom stereocenters. The number of pyridine rings is 1. The van der Waals surface area contributed by atoms with E-state index in [0.29, 0.717) is 11.3 Å². The molecule has 18 heavy (non-hydrogen) atoms. The van der Waals surface area contributed by atoms with Crippen LogP contribution in [-0.2, 0) is 0 Å². The van der Waals surface area contributed by atoms with Gasteiger partial charge < -0.3 is 5.11 Å². The van der Waals surface area contributed by atoms with E-state index < -0.39 is 5.97 Å². The molecule has 90 valence electrons. The third-order valence-electron chi connectivity index (χ3n) is 3.22. The minimum absolute atomic E-state index is 0.232. The van der Waals surface area contributed by atoms with E-state index in [1.165, 1.54) is 0 Å². The van der Waals surface area contributed by atoms with Gasteiger partial charge in [-0.25, -0.2) is 9.78 Å². The highest BCUT2D eigenvalue weighted by atomic mass is 16.4. The largest absolute Gasteiger partial charge is 0.477 e. The van der Waals surface area contributed by atoms with Gasteiger partial charge >= 0.3 is 5.97 Å². The number of fused-ring (bicyclic) bond motifs is 3. The Kier molecular flexibility index (Phi) is 2.13. The minimum atomic E-state index is -0.951. The van der Waals surface area contributed by atoms with Crippen LogP contribution in [0.4, 0.5) is 0 Å². The zero-order valence-electron chi connectivity index (χ0n) is 10.1. The second-order valence-corrected chi connectivity index (χ2v) is 4.40. The Labute approximate surface area is 104 Å². The van der Waals surface area contributed by atoms with E-state index in [9.17, 15) is 9.90 Å². The lowest BCUT2D eigenvalue weighted by molar-refractivity contribution is 0.0688. The highest BCUT2D eigenvalue weighted by Gasteiger charge is 2.17. The molecule has 2 aromatic heterocycles. The molecular weight excluding hydrogens is 228 g/mol. The molecule has 0 saturated heterocycles. The van der Waals surface area contributed by atoms with Gasteiger partial charge in [-0.15, -0.1) is 0 Å². The minimum Gasteiger partial charge on any atom is -0.477 e. The second kappa shape index (κ2) is 3.57. The molecule has 0 saturated carbocycles. The number of aryl methyl sites for hydroxylation is 2. The molecule has 0 fully saturated rings. The highest BCUT2D eigenvalue weighted by Crippen LogP contribution is 2.25. The number of hydrogen-bond donors (Lipinski definition) is 1. The van der Waals surface area contributed by atoms with Crippen LogP contribution < -0.4 is 0 Å². The van der Waals surface area contributed by atoms with Crippen LogP contribution in [-0.4, -0.2) is 20.5 Å². The lowest BCUT2D eigenvalue weighted by Crippen LogP contribution is -2.03. The zero-order chi connectivity index (χ0) is 12.9. The number of carboxylic acid groups (broad SMARTS) is 1. The van der Waals surface area contributed by atoms with Gasteiger partial charge in [0.1, 0.15) is 5.65 Å². The van der Waals surface area contributed by atoms with Gasteiger partial charge in [0.15, 0.2) is 5.69 Å². The Bertz CT molecular complexity index is 787. The van der Waals surface area contributed by atoms with Crippen molar-refractivity contribution in [3.05, 3.63) is 47.4 Å². The lowest BCUT2D eigenvalue weighted by Gasteiger charge is -2.04. The topological polar surface area (TPSA) is 54.6 Å². The molecule has 4 heteroatoms. The number of imidazole rings is 1. The molecule has 1 aromatic carbocycles. The smallest absolute Gasteiger partial charge is 0.354 e. The molecule has 0 spiro atoms. The van der Waals surface area contributed by atoms with Crippen LogP contribution in [0.15, 0.2) is 30.5 Å². The second-order valence-electron chi connectivity index (χ2n) is 4.40. The van der Waals surface area contributed by atoms with Crippen molar-refractivity contribution in [2.24, 2.45) is 0 Å². The standard InChI is InChI=1S/C14H12N2O2/c1-8-4-3-5-10-6-7-16-12(14(17)18)9(2)15-13(16)11(8)10/h3-7H,1-2H3,(H,17,18). The average molecular weight is 240 g/mol. The molecule has 0 radical (unpaired) electrons. The Morgan fingerprint density at radius 3 is 2.78 bits per heavy atom. The molecule has 0 atom stereocenters. The van der Waals surface area contributed by atoms with E-state index in [0.717, 1.165) is 16.3 Å². The predicted octanol–water partition coefficient (Wildman–Crippen LogP) is 2.80. The molecule has 0 bridgehead atoms. The molecule has 0 aliphatic heterocycles. The summed E-state index contributed by atoms with van der Waals surface area (Å²) in [4.78, 5) is 15.7. The summed E-state index contributed by atoms with van der Waals surface area (Å²) >= 11 is 0. The number of benzene rings is 1.